The predicted octanol–water partition coefficient (Wildman–Crippen LogP) is 1.09. The molecule has 1 amide bonds. The fraction of sp³-hybridized carbons (Fsp3) is 0.273. The number of carbonyl (C=O) groups excluding carboxylic acids is 1. The molecule has 2 heterocycles. The first-order chi connectivity index (χ1) is 8.56. The van der Waals surface area contributed by atoms with Crippen LogP contribution in [0.4, 0.5) is 11.6 Å². The van der Waals surface area contributed by atoms with Gasteiger partial charge in [-0.05, 0) is 6.92 Å². The minimum atomic E-state index is -0.354. The molecule has 0 fully saturated rings. The van der Waals surface area contributed by atoms with Crippen LogP contribution in [-0.2, 0) is 0 Å². The Morgan fingerprint density at radius 2 is 2.00 bits per heavy atom. The van der Waals surface area contributed by atoms with E-state index in [2.05, 4.69) is 20.4 Å². The van der Waals surface area contributed by atoms with Crippen molar-refractivity contribution in [1.82, 2.24) is 15.1 Å². The summed E-state index contributed by atoms with van der Waals surface area (Å²) >= 11 is 0. The van der Waals surface area contributed by atoms with Crippen molar-refractivity contribution in [2.75, 3.05) is 24.3 Å². The molecule has 0 saturated carbocycles. The zero-order chi connectivity index (χ0) is 13.1. The Hall–Kier alpha value is -2.44. The van der Waals surface area contributed by atoms with Crippen molar-refractivity contribution in [3.8, 4) is 0 Å². The van der Waals surface area contributed by atoms with E-state index < -0.39 is 0 Å². The molecule has 7 nitrogen and oxygen atoms in total. The summed E-state index contributed by atoms with van der Waals surface area (Å²) in [5.74, 6) is 0.803. The molecule has 0 saturated heterocycles. The molecule has 0 aliphatic carbocycles. The van der Waals surface area contributed by atoms with Gasteiger partial charge in [0, 0.05) is 20.2 Å². The maximum atomic E-state index is 11.7. The van der Waals surface area contributed by atoms with Crippen LogP contribution in [0, 0.1) is 6.92 Å². The molecule has 2 rings (SSSR count). The van der Waals surface area contributed by atoms with E-state index >= 15 is 0 Å². The van der Waals surface area contributed by atoms with Gasteiger partial charge in [-0.15, -0.1) is 0 Å². The summed E-state index contributed by atoms with van der Waals surface area (Å²) in [5.41, 5.74) is 0.732. The standard InChI is InChI=1S/C11H13N5O2/c1-7-4-9(15-18-7)10(17)14-8-5-12-11(13-6-8)16(2)3/h4-6H,1-3H3,(H,14,17). The molecular weight excluding hydrogens is 234 g/mol. The van der Waals surface area contributed by atoms with Crippen molar-refractivity contribution in [2.45, 2.75) is 6.92 Å². The minimum Gasteiger partial charge on any atom is -0.361 e. The normalized spacial score (nSPS) is 10.2. The predicted molar refractivity (Wildman–Crippen MR) is 65.6 cm³/mol. The van der Waals surface area contributed by atoms with Gasteiger partial charge in [0.05, 0.1) is 18.1 Å². The molecule has 0 atom stereocenters. The van der Waals surface area contributed by atoms with Crippen LogP contribution in [0.3, 0.4) is 0 Å². The molecule has 0 radical (unpaired) electrons. The molecule has 0 aromatic carbocycles. The minimum absolute atomic E-state index is 0.226. The summed E-state index contributed by atoms with van der Waals surface area (Å²) in [7, 11) is 3.68. The zero-order valence-electron chi connectivity index (χ0n) is 10.3. The van der Waals surface area contributed by atoms with Gasteiger partial charge in [0.25, 0.3) is 5.91 Å². The van der Waals surface area contributed by atoms with Crippen molar-refractivity contribution < 1.29 is 9.32 Å². The summed E-state index contributed by atoms with van der Waals surface area (Å²) in [6.07, 6.45) is 3.07. The fourth-order valence-corrected chi connectivity index (χ4v) is 1.29. The first-order valence-electron chi connectivity index (χ1n) is 5.30. The summed E-state index contributed by atoms with van der Waals surface area (Å²) in [5, 5.41) is 6.25. The van der Waals surface area contributed by atoms with E-state index in [1.165, 1.54) is 12.4 Å². The average molecular weight is 247 g/mol. The third-order valence-corrected chi connectivity index (χ3v) is 2.16. The first kappa shape index (κ1) is 12.0. The maximum absolute atomic E-state index is 11.7. The second-order valence-electron chi connectivity index (χ2n) is 3.94. The van der Waals surface area contributed by atoms with Crippen LogP contribution in [0.5, 0.6) is 0 Å². The lowest BCUT2D eigenvalue weighted by Crippen LogP contribution is -2.15. The van der Waals surface area contributed by atoms with Crippen molar-refractivity contribution in [1.29, 1.82) is 0 Å². The lowest BCUT2D eigenvalue weighted by Gasteiger charge is -2.09. The Morgan fingerprint density at radius 1 is 1.33 bits per heavy atom. The fourth-order valence-electron chi connectivity index (χ4n) is 1.29. The number of aryl methyl sites for hydroxylation is 1. The largest absolute Gasteiger partial charge is 0.361 e. The van der Waals surface area contributed by atoms with E-state index in [0.29, 0.717) is 17.4 Å². The highest BCUT2D eigenvalue weighted by molar-refractivity contribution is 6.02. The molecule has 0 bridgehead atoms. The van der Waals surface area contributed by atoms with Crippen LogP contribution >= 0.6 is 0 Å². The Bertz CT molecular complexity index is 547. The number of amides is 1. The van der Waals surface area contributed by atoms with Crippen molar-refractivity contribution in [3.63, 3.8) is 0 Å². The molecular formula is C11H13N5O2. The van der Waals surface area contributed by atoms with Gasteiger partial charge in [-0.3, -0.25) is 4.79 Å². The Balaban J connectivity index is 2.07. The van der Waals surface area contributed by atoms with Crippen molar-refractivity contribution >= 4 is 17.5 Å². The molecule has 7 heteroatoms. The van der Waals surface area contributed by atoms with Gasteiger partial charge in [0.15, 0.2) is 5.69 Å². The Kier molecular flexibility index (Phi) is 3.22. The second-order valence-corrected chi connectivity index (χ2v) is 3.94. The zero-order valence-corrected chi connectivity index (χ0v) is 10.3. The molecule has 0 spiro atoms. The van der Waals surface area contributed by atoms with E-state index in [1.807, 2.05) is 14.1 Å². The van der Waals surface area contributed by atoms with Crippen molar-refractivity contribution in [2.24, 2.45) is 0 Å². The number of carbonyl (C=O) groups is 1. The number of aromatic nitrogens is 3. The van der Waals surface area contributed by atoms with E-state index in [-0.39, 0.29) is 11.6 Å². The monoisotopic (exact) mass is 247 g/mol. The van der Waals surface area contributed by atoms with Crippen LogP contribution in [-0.4, -0.2) is 35.1 Å². The molecule has 0 aliphatic heterocycles. The third kappa shape index (κ3) is 2.62. The van der Waals surface area contributed by atoms with Crippen LogP contribution in [0.15, 0.2) is 23.0 Å². The lowest BCUT2D eigenvalue weighted by atomic mass is 10.3. The molecule has 18 heavy (non-hydrogen) atoms. The van der Waals surface area contributed by atoms with Gasteiger partial charge in [-0.1, -0.05) is 5.16 Å². The summed E-state index contributed by atoms with van der Waals surface area (Å²) in [4.78, 5) is 21.7. The van der Waals surface area contributed by atoms with Gasteiger partial charge in [-0.25, -0.2) is 9.97 Å². The summed E-state index contributed by atoms with van der Waals surface area (Å²) < 4.78 is 4.83. The Morgan fingerprint density at radius 3 is 2.50 bits per heavy atom. The van der Waals surface area contributed by atoms with E-state index in [4.69, 9.17) is 4.52 Å². The molecule has 2 aromatic rings. The highest BCUT2D eigenvalue weighted by atomic mass is 16.5. The van der Waals surface area contributed by atoms with Gasteiger partial charge in [0.2, 0.25) is 5.95 Å². The Labute approximate surface area is 104 Å². The summed E-state index contributed by atoms with van der Waals surface area (Å²) in [6.45, 7) is 1.72. The van der Waals surface area contributed by atoms with Gasteiger partial charge in [0.1, 0.15) is 5.76 Å². The highest BCUT2D eigenvalue weighted by Crippen LogP contribution is 2.09. The number of hydrogen-bond acceptors (Lipinski definition) is 6. The number of nitrogens with zero attached hydrogens (tertiary/aromatic N) is 4. The van der Waals surface area contributed by atoms with E-state index in [9.17, 15) is 4.79 Å². The lowest BCUT2D eigenvalue weighted by molar-refractivity contribution is 0.101. The smallest absolute Gasteiger partial charge is 0.277 e. The SMILES string of the molecule is Cc1cc(C(=O)Nc2cnc(N(C)C)nc2)no1. The maximum Gasteiger partial charge on any atom is 0.277 e. The topological polar surface area (TPSA) is 84.2 Å². The quantitative estimate of drug-likeness (QED) is 0.874. The van der Waals surface area contributed by atoms with Crippen LogP contribution in [0.1, 0.15) is 16.2 Å². The van der Waals surface area contributed by atoms with Crippen molar-refractivity contribution in [3.05, 3.63) is 29.9 Å². The third-order valence-electron chi connectivity index (χ3n) is 2.16. The average Bonchev–Trinajstić information content (AvgIpc) is 2.76. The van der Waals surface area contributed by atoms with E-state index in [1.54, 1.807) is 17.9 Å². The van der Waals surface area contributed by atoms with Crippen LogP contribution < -0.4 is 10.2 Å². The van der Waals surface area contributed by atoms with Crippen LogP contribution in [0.25, 0.3) is 0 Å². The van der Waals surface area contributed by atoms with E-state index in [0.717, 1.165) is 0 Å². The molecule has 0 unspecified atom stereocenters. The molecule has 94 valence electrons. The second kappa shape index (κ2) is 4.82. The number of rotatable bonds is 3. The summed E-state index contributed by atoms with van der Waals surface area (Å²) in [6, 6.07) is 1.56. The number of hydrogen-bond donors (Lipinski definition) is 1. The van der Waals surface area contributed by atoms with Gasteiger partial charge >= 0.3 is 0 Å². The van der Waals surface area contributed by atoms with Crippen LogP contribution in [0.2, 0.25) is 0 Å². The first-order valence-corrected chi connectivity index (χ1v) is 5.30. The molecule has 1 N–H and O–H groups in total. The molecule has 2 aromatic heterocycles. The molecule has 0 aliphatic rings. The number of nitrogens with one attached hydrogen (secondary N) is 1. The van der Waals surface area contributed by atoms with Gasteiger partial charge in [-0.2, -0.15) is 0 Å². The highest BCUT2D eigenvalue weighted by Gasteiger charge is 2.11. The number of anilines is 2. The van der Waals surface area contributed by atoms with Gasteiger partial charge < -0.3 is 14.7 Å².